The van der Waals surface area contributed by atoms with Gasteiger partial charge in [-0.3, -0.25) is 10.5 Å². The summed E-state index contributed by atoms with van der Waals surface area (Å²) in [6, 6.07) is 13.9. The lowest BCUT2D eigenvalue weighted by atomic mass is 10.1. The quantitative estimate of drug-likeness (QED) is 0.730. The van der Waals surface area contributed by atoms with Gasteiger partial charge < -0.3 is 5.32 Å². The van der Waals surface area contributed by atoms with E-state index in [4.69, 9.17) is 5.73 Å². The van der Waals surface area contributed by atoms with Gasteiger partial charge in [-0.2, -0.15) is 0 Å². The van der Waals surface area contributed by atoms with Crippen LogP contribution in [-0.4, -0.2) is 5.91 Å². The number of carbonyl (C=O) groups is 1. The average molecular weight is 312 g/mol. The van der Waals surface area contributed by atoms with Gasteiger partial charge in [0.2, 0.25) is 0 Å². The Hall–Kier alpha value is -2.40. The first-order valence-electron chi connectivity index (χ1n) is 7.09. The van der Waals surface area contributed by atoms with Gasteiger partial charge in [0, 0.05) is 5.69 Å². The minimum atomic E-state index is -0.0716. The lowest BCUT2D eigenvalue weighted by molar-refractivity contribution is -0.639. The van der Waals surface area contributed by atoms with Crippen molar-refractivity contribution in [2.75, 3.05) is 11.1 Å². The molecule has 22 heavy (non-hydrogen) atoms. The summed E-state index contributed by atoms with van der Waals surface area (Å²) in [6.07, 6.45) is 0. The number of para-hydroxylation sites is 2. The van der Waals surface area contributed by atoms with Gasteiger partial charge in [-0.15, -0.1) is 0 Å². The molecule has 0 aliphatic rings. The largest absolute Gasteiger partial charge is 0.333 e. The molecule has 4 nitrogen and oxygen atoms in total. The van der Waals surface area contributed by atoms with Crippen LogP contribution >= 0.6 is 11.3 Å². The van der Waals surface area contributed by atoms with E-state index < -0.39 is 0 Å². The number of nitrogen functional groups attached to an aromatic ring is 1. The van der Waals surface area contributed by atoms with Gasteiger partial charge in [-0.05, 0) is 48.4 Å². The standard InChI is InChI=1S/C17H17N3OS/c1-11-6-5-7-12(2)16(11)19-15(21)10-20-13-8-3-4-9-14(13)22-17(20)18/h3-9,18H,10H2,1-2H3,(H,19,21)/p+1. The van der Waals surface area contributed by atoms with Gasteiger partial charge in [0.15, 0.2) is 6.54 Å². The van der Waals surface area contributed by atoms with Crippen LogP contribution in [0.25, 0.3) is 10.2 Å². The second kappa shape index (κ2) is 5.77. The Labute approximate surface area is 133 Å². The van der Waals surface area contributed by atoms with E-state index in [1.54, 1.807) is 0 Å². The molecule has 1 amide bonds. The molecule has 0 spiro atoms. The SMILES string of the molecule is Cc1cccc(C)c1NC(=O)C[n+]1c(N)sc2ccccc21. The summed E-state index contributed by atoms with van der Waals surface area (Å²) in [7, 11) is 0. The molecule has 0 radical (unpaired) electrons. The topological polar surface area (TPSA) is 59.0 Å². The van der Waals surface area contributed by atoms with Crippen LogP contribution in [0.3, 0.4) is 0 Å². The van der Waals surface area contributed by atoms with Gasteiger partial charge in [0.25, 0.3) is 5.91 Å². The predicted molar refractivity (Wildman–Crippen MR) is 91.0 cm³/mol. The highest BCUT2D eigenvalue weighted by molar-refractivity contribution is 7.21. The Morgan fingerprint density at radius 3 is 2.55 bits per heavy atom. The summed E-state index contributed by atoms with van der Waals surface area (Å²) in [5.41, 5.74) is 10.0. The Balaban J connectivity index is 1.86. The maximum absolute atomic E-state index is 12.4. The van der Waals surface area contributed by atoms with E-state index in [0.717, 1.165) is 27.0 Å². The third-order valence-corrected chi connectivity index (χ3v) is 4.68. The molecule has 0 fully saturated rings. The van der Waals surface area contributed by atoms with Crippen LogP contribution in [0.4, 0.5) is 10.8 Å². The van der Waals surface area contributed by atoms with E-state index in [-0.39, 0.29) is 12.5 Å². The molecule has 0 saturated heterocycles. The zero-order valence-electron chi connectivity index (χ0n) is 12.6. The number of carbonyl (C=O) groups excluding carboxylic acids is 1. The minimum Gasteiger partial charge on any atom is -0.322 e. The van der Waals surface area contributed by atoms with Crippen molar-refractivity contribution in [2.24, 2.45) is 0 Å². The van der Waals surface area contributed by atoms with E-state index >= 15 is 0 Å². The summed E-state index contributed by atoms with van der Waals surface area (Å²) in [5, 5.41) is 3.63. The van der Waals surface area contributed by atoms with Crippen molar-refractivity contribution in [3.8, 4) is 0 Å². The lowest BCUT2D eigenvalue weighted by Gasteiger charge is -2.10. The highest BCUT2D eigenvalue weighted by Gasteiger charge is 2.18. The molecule has 0 bridgehead atoms. The van der Waals surface area contributed by atoms with Crippen LogP contribution in [0.15, 0.2) is 42.5 Å². The van der Waals surface area contributed by atoms with Crippen LogP contribution in [-0.2, 0) is 11.3 Å². The van der Waals surface area contributed by atoms with Gasteiger partial charge in [0.1, 0.15) is 5.52 Å². The van der Waals surface area contributed by atoms with Gasteiger partial charge in [0.05, 0.1) is 4.70 Å². The van der Waals surface area contributed by atoms with Crippen LogP contribution in [0.5, 0.6) is 0 Å². The Morgan fingerprint density at radius 1 is 1.14 bits per heavy atom. The van der Waals surface area contributed by atoms with Gasteiger partial charge >= 0.3 is 5.13 Å². The molecule has 1 heterocycles. The average Bonchev–Trinajstić information content (AvgIpc) is 2.79. The van der Waals surface area contributed by atoms with Crippen LogP contribution in [0.1, 0.15) is 11.1 Å². The number of nitrogens with zero attached hydrogens (tertiary/aromatic N) is 1. The van der Waals surface area contributed by atoms with Crippen molar-refractivity contribution < 1.29 is 9.36 Å². The van der Waals surface area contributed by atoms with Crippen LogP contribution in [0, 0.1) is 13.8 Å². The van der Waals surface area contributed by atoms with E-state index in [1.165, 1.54) is 11.3 Å². The van der Waals surface area contributed by atoms with E-state index in [2.05, 4.69) is 5.32 Å². The lowest BCUT2D eigenvalue weighted by Crippen LogP contribution is -2.41. The van der Waals surface area contributed by atoms with Crippen molar-refractivity contribution in [1.82, 2.24) is 0 Å². The first-order chi connectivity index (χ1) is 10.6. The molecule has 0 aliphatic heterocycles. The Bertz CT molecular complexity index is 834. The highest BCUT2D eigenvalue weighted by atomic mass is 32.1. The number of nitrogens with one attached hydrogen (secondary N) is 1. The van der Waals surface area contributed by atoms with Crippen LogP contribution < -0.4 is 15.6 Å². The van der Waals surface area contributed by atoms with E-state index in [9.17, 15) is 4.79 Å². The second-order valence-electron chi connectivity index (χ2n) is 5.31. The fourth-order valence-electron chi connectivity index (χ4n) is 2.55. The molecule has 2 aromatic carbocycles. The molecule has 0 saturated carbocycles. The number of aryl methyl sites for hydroxylation is 2. The summed E-state index contributed by atoms with van der Waals surface area (Å²) in [4.78, 5) is 12.4. The van der Waals surface area contributed by atoms with Crippen molar-refractivity contribution in [3.63, 3.8) is 0 Å². The summed E-state index contributed by atoms with van der Waals surface area (Å²) in [6.45, 7) is 4.19. The number of aromatic nitrogens is 1. The molecule has 5 heteroatoms. The first kappa shape index (κ1) is 14.5. The zero-order chi connectivity index (χ0) is 15.7. The molecule has 3 N–H and O–H groups in total. The number of benzene rings is 2. The number of hydrogen-bond acceptors (Lipinski definition) is 3. The maximum atomic E-state index is 12.4. The number of nitrogens with two attached hydrogens (primary N) is 1. The van der Waals surface area contributed by atoms with E-state index in [0.29, 0.717) is 5.13 Å². The molecule has 3 rings (SSSR count). The van der Waals surface area contributed by atoms with Crippen molar-refractivity contribution in [1.29, 1.82) is 0 Å². The Morgan fingerprint density at radius 2 is 1.82 bits per heavy atom. The zero-order valence-corrected chi connectivity index (χ0v) is 13.4. The molecule has 0 aliphatic carbocycles. The van der Waals surface area contributed by atoms with Crippen LogP contribution in [0.2, 0.25) is 0 Å². The molecule has 112 valence electrons. The third-order valence-electron chi connectivity index (χ3n) is 3.68. The second-order valence-corrected chi connectivity index (χ2v) is 6.37. The summed E-state index contributed by atoms with van der Waals surface area (Å²) < 4.78 is 2.93. The first-order valence-corrected chi connectivity index (χ1v) is 7.91. The smallest absolute Gasteiger partial charge is 0.322 e. The number of fused-ring (bicyclic) bond motifs is 1. The summed E-state index contributed by atoms with van der Waals surface area (Å²) in [5.74, 6) is -0.0716. The monoisotopic (exact) mass is 312 g/mol. The van der Waals surface area contributed by atoms with Crippen molar-refractivity contribution in [2.45, 2.75) is 20.4 Å². The maximum Gasteiger partial charge on any atom is 0.333 e. The number of thiazole rings is 1. The molecule has 0 atom stereocenters. The van der Waals surface area contributed by atoms with Gasteiger partial charge in [-0.25, -0.2) is 4.57 Å². The molecular weight excluding hydrogens is 294 g/mol. The number of amides is 1. The fraction of sp³-hybridized carbons (Fsp3) is 0.176. The molecular formula is C17H18N3OS+. The minimum absolute atomic E-state index is 0.0716. The normalized spacial score (nSPS) is 10.8. The predicted octanol–water partition coefficient (Wildman–Crippen LogP) is 3.03. The van der Waals surface area contributed by atoms with Gasteiger partial charge in [-0.1, -0.05) is 30.3 Å². The molecule has 3 aromatic rings. The number of hydrogen-bond donors (Lipinski definition) is 2. The number of rotatable bonds is 3. The fourth-order valence-corrected chi connectivity index (χ4v) is 3.48. The molecule has 1 aromatic heterocycles. The third kappa shape index (κ3) is 2.67. The van der Waals surface area contributed by atoms with Crippen molar-refractivity contribution >= 4 is 38.3 Å². The Kier molecular flexibility index (Phi) is 3.81. The van der Waals surface area contributed by atoms with E-state index in [1.807, 2.05) is 60.9 Å². The molecule has 0 unspecified atom stereocenters. The summed E-state index contributed by atoms with van der Waals surface area (Å²) >= 11 is 1.49. The van der Waals surface area contributed by atoms with Crippen molar-refractivity contribution in [3.05, 3.63) is 53.6 Å². The number of anilines is 2. The highest BCUT2D eigenvalue weighted by Crippen LogP contribution is 2.22.